The van der Waals surface area contributed by atoms with Crippen LogP contribution >= 0.6 is 22.9 Å². The first-order valence-corrected chi connectivity index (χ1v) is 6.17. The van der Waals surface area contributed by atoms with Crippen molar-refractivity contribution in [2.75, 3.05) is 0 Å². The average Bonchev–Trinajstić information content (AvgIpc) is 2.73. The Hall–Kier alpha value is -1.13. The molecule has 1 aromatic heterocycles. The third-order valence-corrected chi connectivity index (χ3v) is 3.10. The maximum atomic E-state index is 5.68. The van der Waals surface area contributed by atoms with Crippen LogP contribution in [0.25, 0.3) is 0 Å². The molecule has 1 heterocycles. The number of benzene rings is 1. The van der Waals surface area contributed by atoms with E-state index in [0.717, 1.165) is 17.2 Å². The number of ether oxygens (including phenoxy) is 1. The fourth-order valence-corrected chi connectivity index (χ4v) is 2.07. The molecule has 0 amide bonds. The van der Waals surface area contributed by atoms with E-state index in [0.29, 0.717) is 11.1 Å². The van der Waals surface area contributed by atoms with Gasteiger partial charge < -0.3 is 4.74 Å². The SMILES string of the molecule is CCc1cccc(OCc2nnc(Cl)s2)c1. The number of rotatable bonds is 4. The standard InChI is InChI=1S/C11H11ClN2OS/c1-2-8-4-3-5-9(6-8)15-7-10-13-14-11(12)16-10/h3-6H,2,7H2,1H3. The van der Waals surface area contributed by atoms with Gasteiger partial charge >= 0.3 is 0 Å². The van der Waals surface area contributed by atoms with Gasteiger partial charge in [0.15, 0.2) is 5.01 Å². The number of aromatic nitrogens is 2. The molecule has 0 bridgehead atoms. The van der Waals surface area contributed by atoms with Crippen LogP contribution in [0.1, 0.15) is 17.5 Å². The molecule has 2 aromatic rings. The zero-order valence-electron chi connectivity index (χ0n) is 8.81. The van der Waals surface area contributed by atoms with Crippen LogP contribution in [-0.2, 0) is 13.0 Å². The lowest BCUT2D eigenvalue weighted by Gasteiger charge is -2.04. The third kappa shape index (κ3) is 2.93. The van der Waals surface area contributed by atoms with Gasteiger partial charge in [0.2, 0.25) is 4.47 Å². The van der Waals surface area contributed by atoms with Crippen LogP contribution in [0.5, 0.6) is 5.75 Å². The van der Waals surface area contributed by atoms with Crippen molar-refractivity contribution in [3.05, 3.63) is 39.3 Å². The molecule has 0 aliphatic carbocycles. The number of aryl methyl sites for hydroxylation is 1. The van der Waals surface area contributed by atoms with Gasteiger partial charge in [-0.2, -0.15) is 0 Å². The second-order valence-corrected chi connectivity index (χ2v) is 4.88. The van der Waals surface area contributed by atoms with Gasteiger partial charge in [0, 0.05) is 0 Å². The highest BCUT2D eigenvalue weighted by Gasteiger charge is 2.02. The Labute approximate surface area is 103 Å². The molecule has 0 aliphatic rings. The van der Waals surface area contributed by atoms with E-state index in [1.165, 1.54) is 16.9 Å². The number of hydrogen-bond donors (Lipinski definition) is 0. The highest BCUT2D eigenvalue weighted by atomic mass is 35.5. The van der Waals surface area contributed by atoms with Crippen molar-refractivity contribution in [1.82, 2.24) is 10.2 Å². The maximum absolute atomic E-state index is 5.68. The first-order chi connectivity index (χ1) is 7.78. The molecular formula is C11H11ClN2OS. The monoisotopic (exact) mass is 254 g/mol. The van der Waals surface area contributed by atoms with E-state index in [1.54, 1.807) is 0 Å². The number of hydrogen-bond acceptors (Lipinski definition) is 4. The minimum Gasteiger partial charge on any atom is -0.486 e. The van der Waals surface area contributed by atoms with Crippen molar-refractivity contribution in [1.29, 1.82) is 0 Å². The Bertz CT molecular complexity index is 473. The number of halogens is 1. The van der Waals surface area contributed by atoms with Gasteiger partial charge in [-0.25, -0.2) is 0 Å². The maximum Gasteiger partial charge on any atom is 0.207 e. The molecule has 0 N–H and O–H groups in total. The van der Waals surface area contributed by atoms with Crippen LogP contribution in [0.15, 0.2) is 24.3 Å². The number of nitrogens with zero attached hydrogens (tertiary/aromatic N) is 2. The summed E-state index contributed by atoms with van der Waals surface area (Å²) in [5.74, 6) is 0.852. The van der Waals surface area contributed by atoms with E-state index in [-0.39, 0.29) is 0 Å². The summed E-state index contributed by atoms with van der Waals surface area (Å²) in [6, 6.07) is 8.03. The zero-order chi connectivity index (χ0) is 11.4. The molecule has 0 radical (unpaired) electrons. The highest BCUT2D eigenvalue weighted by Crippen LogP contribution is 2.18. The third-order valence-electron chi connectivity index (χ3n) is 2.11. The van der Waals surface area contributed by atoms with Gasteiger partial charge in [0.25, 0.3) is 0 Å². The Morgan fingerprint density at radius 3 is 2.94 bits per heavy atom. The van der Waals surface area contributed by atoms with Crippen LogP contribution in [0.3, 0.4) is 0 Å². The normalized spacial score (nSPS) is 10.4. The van der Waals surface area contributed by atoms with Crippen molar-refractivity contribution in [2.45, 2.75) is 20.0 Å². The molecule has 0 atom stereocenters. The van der Waals surface area contributed by atoms with Crippen molar-refractivity contribution in [3.63, 3.8) is 0 Å². The summed E-state index contributed by atoms with van der Waals surface area (Å²) in [4.78, 5) is 0. The first-order valence-electron chi connectivity index (χ1n) is 4.97. The summed E-state index contributed by atoms with van der Waals surface area (Å²) in [6.07, 6.45) is 1.00. The zero-order valence-corrected chi connectivity index (χ0v) is 10.4. The van der Waals surface area contributed by atoms with Gasteiger partial charge in [-0.1, -0.05) is 30.4 Å². The highest BCUT2D eigenvalue weighted by molar-refractivity contribution is 7.15. The van der Waals surface area contributed by atoms with Crippen LogP contribution in [0, 0.1) is 0 Å². The lowest BCUT2D eigenvalue weighted by molar-refractivity contribution is 0.304. The fraction of sp³-hybridized carbons (Fsp3) is 0.273. The topological polar surface area (TPSA) is 35.0 Å². The molecule has 0 spiro atoms. The summed E-state index contributed by atoms with van der Waals surface area (Å²) >= 11 is 7.01. The largest absolute Gasteiger partial charge is 0.486 e. The van der Waals surface area contributed by atoms with E-state index < -0.39 is 0 Å². The molecule has 3 nitrogen and oxygen atoms in total. The Kier molecular flexibility index (Phi) is 3.74. The van der Waals surface area contributed by atoms with Crippen molar-refractivity contribution >= 4 is 22.9 Å². The molecule has 5 heteroatoms. The molecular weight excluding hydrogens is 244 g/mol. The van der Waals surface area contributed by atoms with E-state index in [4.69, 9.17) is 16.3 Å². The van der Waals surface area contributed by atoms with Gasteiger partial charge in [-0.15, -0.1) is 10.2 Å². The van der Waals surface area contributed by atoms with Gasteiger partial charge in [-0.05, 0) is 35.7 Å². The van der Waals surface area contributed by atoms with Gasteiger partial charge in [0.05, 0.1) is 0 Å². The van der Waals surface area contributed by atoms with Crippen molar-refractivity contribution in [3.8, 4) is 5.75 Å². The predicted molar refractivity (Wildman–Crippen MR) is 65.1 cm³/mol. The molecule has 0 saturated carbocycles. The molecule has 0 unspecified atom stereocenters. The molecule has 2 rings (SSSR count). The van der Waals surface area contributed by atoms with Crippen LogP contribution in [-0.4, -0.2) is 10.2 Å². The van der Waals surface area contributed by atoms with Crippen molar-refractivity contribution < 1.29 is 4.74 Å². The molecule has 0 saturated heterocycles. The molecule has 0 fully saturated rings. The van der Waals surface area contributed by atoms with E-state index in [2.05, 4.69) is 23.2 Å². The second-order valence-electron chi connectivity index (χ2n) is 3.24. The van der Waals surface area contributed by atoms with E-state index in [1.807, 2.05) is 18.2 Å². The van der Waals surface area contributed by atoms with Crippen LogP contribution in [0.4, 0.5) is 0 Å². The van der Waals surface area contributed by atoms with Crippen LogP contribution in [0.2, 0.25) is 4.47 Å². The fourth-order valence-electron chi connectivity index (χ4n) is 1.29. The summed E-state index contributed by atoms with van der Waals surface area (Å²) in [5.41, 5.74) is 1.26. The average molecular weight is 255 g/mol. The summed E-state index contributed by atoms with van der Waals surface area (Å²) in [6.45, 7) is 2.53. The Morgan fingerprint density at radius 2 is 2.25 bits per heavy atom. The molecule has 84 valence electrons. The quantitative estimate of drug-likeness (QED) is 0.840. The Morgan fingerprint density at radius 1 is 1.38 bits per heavy atom. The van der Waals surface area contributed by atoms with Gasteiger partial charge in [0.1, 0.15) is 12.4 Å². The van der Waals surface area contributed by atoms with E-state index in [9.17, 15) is 0 Å². The predicted octanol–water partition coefficient (Wildman–Crippen LogP) is 3.33. The van der Waals surface area contributed by atoms with Gasteiger partial charge in [-0.3, -0.25) is 0 Å². The summed E-state index contributed by atoms with van der Waals surface area (Å²) < 4.78 is 6.04. The van der Waals surface area contributed by atoms with Crippen molar-refractivity contribution in [2.24, 2.45) is 0 Å². The summed E-state index contributed by atoms with van der Waals surface area (Å²) in [5, 5.41) is 8.39. The lowest BCUT2D eigenvalue weighted by atomic mass is 10.2. The minimum atomic E-state index is 0.414. The first kappa shape index (κ1) is 11.4. The Balaban J connectivity index is 1.99. The van der Waals surface area contributed by atoms with Crippen LogP contribution < -0.4 is 4.74 Å². The molecule has 0 aliphatic heterocycles. The summed E-state index contributed by atoms with van der Waals surface area (Å²) in [7, 11) is 0. The second kappa shape index (κ2) is 5.27. The lowest BCUT2D eigenvalue weighted by Crippen LogP contribution is -1.95. The minimum absolute atomic E-state index is 0.414. The molecule has 1 aromatic carbocycles. The smallest absolute Gasteiger partial charge is 0.207 e. The molecule has 16 heavy (non-hydrogen) atoms. The van der Waals surface area contributed by atoms with E-state index >= 15 is 0 Å².